The standard InChI is InChI=1S/C23H18ClF2N3O3/c24-13-9-16-14(18(26)10-13)6-7-19(16)29(11-12-3-2-8-28-20(12)22(27)31)23(32)15-4-1-5-17(25)21(15)30/h1-5,8-10,19,30H,6-7,11H2,(H2,27,31)/t19-/m1/s1. The van der Waals surface area contributed by atoms with Gasteiger partial charge in [-0.05, 0) is 54.3 Å². The van der Waals surface area contributed by atoms with Crippen LogP contribution in [-0.4, -0.2) is 26.8 Å². The molecule has 3 N–H and O–H groups in total. The molecule has 4 rings (SSSR count). The molecule has 0 aliphatic heterocycles. The number of phenols is 1. The van der Waals surface area contributed by atoms with E-state index in [2.05, 4.69) is 4.98 Å². The second-order valence-electron chi connectivity index (χ2n) is 7.45. The molecule has 164 valence electrons. The van der Waals surface area contributed by atoms with Crippen molar-refractivity contribution in [2.75, 3.05) is 0 Å². The van der Waals surface area contributed by atoms with E-state index in [1.165, 1.54) is 29.3 Å². The number of benzene rings is 2. The number of aromatic hydroxyl groups is 1. The van der Waals surface area contributed by atoms with Crippen LogP contribution < -0.4 is 5.73 Å². The molecule has 3 aromatic rings. The molecular formula is C23H18ClF2N3O3. The lowest BCUT2D eigenvalue weighted by molar-refractivity contribution is 0.0652. The number of fused-ring (bicyclic) bond motifs is 1. The van der Waals surface area contributed by atoms with E-state index in [1.54, 1.807) is 18.2 Å². The summed E-state index contributed by atoms with van der Waals surface area (Å²) in [4.78, 5) is 30.7. The first-order valence-corrected chi connectivity index (χ1v) is 10.2. The van der Waals surface area contributed by atoms with Crippen LogP contribution in [-0.2, 0) is 13.0 Å². The van der Waals surface area contributed by atoms with E-state index in [0.29, 0.717) is 29.5 Å². The normalized spacial score (nSPS) is 14.8. The Balaban J connectivity index is 1.83. The summed E-state index contributed by atoms with van der Waals surface area (Å²) >= 11 is 6.06. The third kappa shape index (κ3) is 3.89. The predicted molar refractivity (Wildman–Crippen MR) is 113 cm³/mol. The van der Waals surface area contributed by atoms with Crippen LogP contribution in [0.5, 0.6) is 5.75 Å². The Bertz CT molecular complexity index is 1240. The number of halogens is 3. The molecule has 9 heteroatoms. The van der Waals surface area contributed by atoms with Crippen LogP contribution in [0.25, 0.3) is 0 Å². The van der Waals surface area contributed by atoms with Crippen molar-refractivity contribution in [3.05, 3.63) is 93.3 Å². The van der Waals surface area contributed by atoms with E-state index in [9.17, 15) is 23.5 Å². The molecule has 0 unspecified atom stereocenters. The first-order chi connectivity index (χ1) is 15.3. The number of rotatable bonds is 5. The molecule has 0 spiro atoms. The van der Waals surface area contributed by atoms with Gasteiger partial charge in [0.25, 0.3) is 11.8 Å². The van der Waals surface area contributed by atoms with Crippen LogP contribution in [0.15, 0.2) is 48.7 Å². The van der Waals surface area contributed by atoms with Crippen molar-refractivity contribution in [3.63, 3.8) is 0 Å². The number of para-hydroxylation sites is 1. The zero-order valence-corrected chi connectivity index (χ0v) is 17.4. The van der Waals surface area contributed by atoms with Crippen molar-refractivity contribution in [1.29, 1.82) is 0 Å². The third-order valence-corrected chi connectivity index (χ3v) is 5.76. The number of phenolic OH excluding ortho intramolecular Hbond substituents is 1. The lowest BCUT2D eigenvalue weighted by Gasteiger charge is -2.31. The van der Waals surface area contributed by atoms with Crippen molar-refractivity contribution in [3.8, 4) is 5.75 Å². The van der Waals surface area contributed by atoms with Gasteiger partial charge in [-0.15, -0.1) is 0 Å². The molecule has 0 radical (unpaired) electrons. The average molecular weight is 458 g/mol. The highest BCUT2D eigenvalue weighted by Gasteiger charge is 2.35. The molecular weight excluding hydrogens is 440 g/mol. The Morgan fingerprint density at radius 1 is 1.19 bits per heavy atom. The molecule has 0 bridgehead atoms. The van der Waals surface area contributed by atoms with Gasteiger partial charge in [0, 0.05) is 23.3 Å². The molecule has 0 fully saturated rings. The topological polar surface area (TPSA) is 96.5 Å². The fourth-order valence-electron chi connectivity index (χ4n) is 4.08. The van der Waals surface area contributed by atoms with Crippen molar-refractivity contribution in [1.82, 2.24) is 9.88 Å². The van der Waals surface area contributed by atoms with Crippen LogP contribution in [0.1, 0.15) is 50.0 Å². The smallest absolute Gasteiger partial charge is 0.267 e. The monoisotopic (exact) mass is 457 g/mol. The largest absolute Gasteiger partial charge is 0.504 e. The van der Waals surface area contributed by atoms with Crippen LogP contribution in [0.2, 0.25) is 5.02 Å². The van der Waals surface area contributed by atoms with E-state index in [4.69, 9.17) is 17.3 Å². The second-order valence-corrected chi connectivity index (χ2v) is 7.89. The molecule has 0 saturated heterocycles. The number of carbonyl (C=O) groups is 2. The van der Waals surface area contributed by atoms with Gasteiger partial charge in [0.15, 0.2) is 11.6 Å². The van der Waals surface area contributed by atoms with Gasteiger partial charge < -0.3 is 15.7 Å². The lowest BCUT2D eigenvalue weighted by Crippen LogP contribution is -2.34. The van der Waals surface area contributed by atoms with Crippen molar-refractivity contribution in [2.45, 2.75) is 25.4 Å². The summed E-state index contributed by atoms with van der Waals surface area (Å²) in [5, 5.41) is 10.3. The maximum Gasteiger partial charge on any atom is 0.267 e. The molecule has 1 aliphatic rings. The van der Waals surface area contributed by atoms with Gasteiger partial charge >= 0.3 is 0 Å². The molecule has 1 atom stereocenters. The zero-order valence-electron chi connectivity index (χ0n) is 16.7. The Hall–Kier alpha value is -3.52. The molecule has 2 amide bonds. The molecule has 2 aromatic carbocycles. The summed E-state index contributed by atoms with van der Waals surface area (Å²) in [5.74, 6) is -3.69. The highest BCUT2D eigenvalue weighted by molar-refractivity contribution is 6.30. The number of hydrogen-bond donors (Lipinski definition) is 2. The Kier molecular flexibility index (Phi) is 5.80. The Labute approximate surface area is 187 Å². The molecule has 1 aromatic heterocycles. The molecule has 6 nitrogen and oxygen atoms in total. The summed E-state index contributed by atoms with van der Waals surface area (Å²) in [6, 6.07) is 8.97. The van der Waals surface area contributed by atoms with Crippen LogP contribution in [0.4, 0.5) is 8.78 Å². The molecule has 0 saturated carbocycles. The number of nitrogens with zero attached hydrogens (tertiary/aromatic N) is 2. The van der Waals surface area contributed by atoms with Crippen LogP contribution in [0.3, 0.4) is 0 Å². The van der Waals surface area contributed by atoms with Gasteiger partial charge in [-0.25, -0.2) is 8.78 Å². The van der Waals surface area contributed by atoms with E-state index in [-0.39, 0.29) is 22.8 Å². The summed E-state index contributed by atoms with van der Waals surface area (Å²) < 4.78 is 28.4. The first kappa shape index (κ1) is 21.7. The molecule has 32 heavy (non-hydrogen) atoms. The second kappa shape index (κ2) is 8.55. The SMILES string of the molecule is NC(=O)c1ncccc1CN(C(=O)c1cccc(F)c1O)[C@@H]1CCc2c(F)cc(Cl)cc21. The number of aromatic nitrogens is 1. The van der Waals surface area contributed by atoms with Gasteiger partial charge in [-0.3, -0.25) is 14.6 Å². The fraction of sp³-hybridized carbons (Fsp3) is 0.174. The van der Waals surface area contributed by atoms with E-state index in [0.717, 1.165) is 6.07 Å². The van der Waals surface area contributed by atoms with Crippen molar-refractivity contribution >= 4 is 23.4 Å². The molecule has 1 aliphatic carbocycles. The van der Waals surface area contributed by atoms with Gasteiger partial charge in [0.2, 0.25) is 0 Å². The highest BCUT2D eigenvalue weighted by atomic mass is 35.5. The number of nitrogens with two attached hydrogens (primary N) is 1. The Morgan fingerprint density at radius 2 is 1.97 bits per heavy atom. The maximum atomic E-state index is 14.5. The first-order valence-electron chi connectivity index (χ1n) is 9.78. The summed E-state index contributed by atoms with van der Waals surface area (Å²) in [5.41, 5.74) is 6.46. The number of hydrogen-bond acceptors (Lipinski definition) is 4. The minimum atomic E-state index is -0.948. The number of carbonyl (C=O) groups excluding carboxylic acids is 2. The zero-order chi connectivity index (χ0) is 23.0. The number of amides is 2. The minimum Gasteiger partial charge on any atom is -0.504 e. The highest BCUT2D eigenvalue weighted by Crippen LogP contribution is 2.41. The number of pyridine rings is 1. The van der Waals surface area contributed by atoms with Gasteiger partial charge in [0.05, 0.1) is 11.6 Å². The quantitative estimate of drug-likeness (QED) is 0.601. The van der Waals surface area contributed by atoms with Crippen molar-refractivity contribution < 1.29 is 23.5 Å². The number of primary amides is 1. The lowest BCUT2D eigenvalue weighted by atomic mass is 10.0. The van der Waals surface area contributed by atoms with E-state index >= 15 is 0 Å². The maximum absolute atomic E-state index is 14.5. The van der Waals surface area contributed by atoms with Crippen LogP contribution >= 0.6 is 11.6 Å². The van der Waals surface area contributed by atoms with Gasteiger partial charge in [0.1, 0.15) is 11.5 Å². The average Bonchev–Trinajstić information content (AvgIpc) is 3.17. The van der Waals surface area contributed by atoms with Crippen molar-refractivity contribution in [2.24, 2.45) is 5.73 Å². The summed E-state index contributed by atoms with van der Waals surface area (Å²) in [7, 11) is 0. The Morgan fingerprint density at radius 3 is 2.72 bits per heavy atom. The predicted octanol–water partition coefficient (Wildman–Crippen LogP) is 4.15. The van der Waals surface area contributed by atoms with Gasteiger partial charge in [-0.2, -0.15) is 0 Å². The fourth-order valence-corrected chi connectivity index (χ4v) is 4.30. The van der Waals surface area contributed by atoms with Crippen LogP contribution in [0, 0.1) is 11.6 Å². The summed E-state index contributed by atoms with van der Waals surface area (Å²) in [6.07, 6.45) is 2.13. The minimum absolute atomic E-state index is 0.0238. The van der Waals surface area contributed by atoms with Gasteiger partial charge in [-0.1, -0.05) is 23.7 Å². The molecule has 1 heterocycles. The summed E-state index contributed by atoms with van der Waals surface area (Å²) in [6.45, 7) is -0.126. The van der Waals surface area contributed by atoms with E-state index in [1.807, 2.05) is 0 Å². The third-order valence-electron chi connectivity index (χ3n) is 5.54. The van der Waals surface area contributed by atoms with E-state index < -0.39 is 35.2 Å².